The number of nitrogens with one attached hydrogen (secondary N) is 1. The molecule has 1 aromatic rings. The number of hydrogen-bond donors (Lipinski definition) is 2. The minimum absolute atomic E-state index is 0.292. The van der Waals surface area contributed by atoms with Gasteiger partial charge in [-0.05, 0) is 37.9 Å². The predicted octanol–water partition coefficient (Wildman–Crippen LogP) is 2.66. The molecule has 1 saturated heterocycles. The standard InChI is InChI=1S/C13H18BrNO/c1-13(16,10-5-4-8-15-9-10)11-6-2-3-7-12(11)14/h2-3,6-7,10,15-16H,4-5,8-9H2,1H3. The molecule has 1 aliphatic rings. The van der Waals surface area contributed by atoms with Gasteiger partial charge >= 0.3 is 0 Å². The van der Waals surface area contributed by atoms with Crippen molar-refractivity contribution in [3.05, 3.63) is 34.3 Å². The molecule has 1 heterocycles. The van der Waals surface area contributed by atoms with Gasteiger partial charge in [-0.25, -0.2) is 0 Å². The summed E-state index contributed by atoms with van der Waals surface area (Å²) in [5.74, 6) is 0.292. The minimum Gasteiger partial charge on any atom is -0.385 e. The lowest BCUT2D eigenvalue weighted by molar-refractivity contribution is -0.0162. The molecule has 2 rings (SSSR count). The fraction of sp³-hybridized carbons (Fsp3) is 0.538. The fourth-order valence-corrected chi connectivity index (χ4v) is 3.11. The Kier molecular flexibility index (Phi) is 3.67. The summed E-state index contributed by atoms with van der Waals surface area (Å²) in [7, 11) is 0. The van der Waals surface area contributed by atoms with Crippen LogP contribution in [0.15, 0.2) is 28.7 Å². The quantitative estimate of drug-likeness (QED) is 0.875. The van der Waals surface area contributed by atoms with Crippen molar-refractivity contribution in [3.63, 3.8) is 0 Å². The van der Waals surface area contributed by atoms with Gasteiger partial charge in [0.15, 0.2) is 0 Å². The third-order valence-electron chi connectivity index (χ3n) is 3.51. The Hall–Kier alpha value is -0.380. The normalized spacial score (nSPS) is 25.1. The van der Waals surface area contributed by atoms with Crippen molar-refractivity contribution in [2.24, 2.45) is 5.92 Å². The number of benzene rings is 1. The number of rotatable bonds is 2. The zero-order valence-electron chi connectivity index (χ0n) is 9.54. The molecule has 0 bridgehead atoms. The third kappa shape index (κ3) is 2.31. The topological polar surface area (TPSA) is 32.3 Å². The molecule has 1 fully saturated rings. The maximum Gasteiger partial charge on any atom is 0.0919 e. The van der Waals surface area contributed by atoms with Crippen LogP contribution in [0.25, 0.3) is 0 Å². The van der Waals surface area contributed by atoms with Crippen LogP contribution in [-0.4, -0.2) is 18.2 Å². The van der Waals surface area contributed by atoms with Crippen LogP contribution in [0.1, 0.15) is 25.3 Å². The van der Waals surface area contributed by atoms with Crippen LogP contribution < -0.4 is 5.32 Å². The van der Waals surface area contributed by atoms with Crippen molar-refractivity contribution in [3.8, 4) is 0 Å². The predicted molar refractivity (Wildman–Crippen MR) is 69.3 cm³/mol. The van der Waals surface area contributed by atoms with E-state index in [1.165, 1.54) is 0 Å². The summed E-state index contributed by atoms with van der Waals surface area (Å²) in [5.41, 5.74) is 0.233. The van der Waals surface area contributed by atoms with Gasteiger partial charge in [0, 0.05) is 16.9 Å². The van der Waals surface area contributed by atoms with Crippen LogP contribution in [0.2, 0.25) is 0 Å². The molecule has 0 spiro atoms. The van der Waals surface area contributed by atoms with Crippen molar-refractivity contribution in [2.45, 2.75) is 25.4 Å². The SMILES string of the molecule is CC(O)(c1ccccc1Br)C1CCCNC1. The van der Waals surface area contributed by atoms with E-state index in [9.17, 15) is 5.11 Å². The first-order valence-corrected chi connectivity index (χ1v) is 6.60. The van der Waals surface area contributed by atoms with Crippen molar-refractivity contribution in [2.75, 3.05) is 13.1 Å². The molecule has 0 radical (unpaired) electrons. The smallest absolute Gasteiger partial charge is 0.0919 e. The van der Waals surface area contributed by atoms with Gasteiger partial charge in [-0.3, -0.25) is 0 Å². The van der Waals surface area contributed by atoms with Crippen LogP contribution in [-0.2, 0) is 5.60 Å². The van der Waals surface area contributed by atoms with Crippen LogP contribution in [0.4, 0.5) is 0 Å². The highest BCUT2D eigenvalue weighted by Gasteiger charge is 2.35. The van der Waals surface area contributed by atoms with Crippen molar-refractivity contribution >= 4 is 15.9 Å². The number of aliphatic hydroxyl groups is 1. The summed E-state index contributed by atoms with van der Waals surface area (Å²) in [5, 5.41) is 14.1. The molecule has 2 unspecified atom stereocenters. The van der Waals surface area contributed by atoms with Crippen LogP contribution in [0.3, 0.4) is 0 Å². The zero-order chi connectivity index (χ0) is 11.6. The van der Waals surface area contributed by atoms with Crippen LogP contribution in [0, 0.1) is 5.92 Å². The summed E-state index contributed by atoms with van der Waals surface area (Å²) in [6, 6.07) is 7.94. The van der Waals surface area contributed by atoms with E-state index in [1.54, 1.807) is 0 Å². The molecule has 3 heteroatoms. The Labute approximate surface area is 105 Å². The molecule has 0 aliphatic carbocycles. The number of halogens is 1. The lowest BCUT2D eigenvalue weighted by atomic mass is 9.79. The average molecular weight is 284 g/mol. The van der Waals surface area contributed by atoms with Gasteiger partial charge in [-0.1, -0.05) is 34.1 Å². The molecule has 0 aromatic heterocycles. The molecule has 1 aromatic carbocycles. The average Bonchev–Trinajstić information content (AvgIpc) is 2.30. The van der Waals surface area contributed by atoms with Crippen molar-refractivity contribution in [1.82, 2.24) is 5.32 Å². The van der Waals surface area contributed by atoms with E-state index in [4.69, 9.17) is 0 Å². The van der Waals surface area contributed by atoms with Gasteiger partial charge in [0.1, 0.15) is 0 Å². The van der Waals surface area contributed by atoms with E-state index in [1.807, 2.05) is 31.2 Å². The van der Waals surface area contributed by atoms with E-state index in [2.05, 4.69) is 21.2 Å². The molecular weight excluding hydrogens is 266 g/mol. The van der Waals surface area contributed by atoms with Crippen LogP contribution >= 0.6 is 15.9 Å². The van der Waals surface area contributed by atoms with Gasteiger partial charge in [0.25, 0.3) is 0 Å². The summed E-state index contributed by atoms with van der Waals surface area (Å²) >= 11 is 3.52. The molecule has 2 nitrogen and oxygen atoms in total. The van der Waals surface area contributed by atoms with Crippen molar-refractivity contribution < 1.29 is 5.11 Å². The Balaban J connectivity index is 2.26. The maximum atomic E-state index is 10.7. The molecule has 88 valence electrons. The molecule has 0 saturated carbocycles. The molecule has 0 amide bonds. The lowest BCUT2D eigenvalue weighted by Gasteiger charge is -2.36. The summed E-state index contributed by atoms with van der Waals surface area (Å²) in [6.07, 6.45) is 2.23. The highest BCUT2D eigenvalue weighted by atomic mass is 79.9. The Bertz CT molecular complexity index is 359. The highest BCUT2D eigenvalue weighted by Crippen LogP contribution is 2.36. The second kappa shape index (κ2) is 4.86. The molecular formula is C13H18BrNO. The summed E-state index contributed by atoms with van der Waals surface area (Å²) < 4.78 is 0.991. The Morgan fingerprint density at radius 2 is 2.19 bits per heavy atom. The van der Waals surface area contributed by atoms with Gasteiger partial charge in [-0.2, -0.15) is 0 Å². The first-order chi connectivity index (χ1) is 7.62. The van der Waals surface area contributed by atoms with Gasteiger partial charge in [0.05, 0.1) is 5.60 Å². The first kappa shape index (κ1) is 12.1. The monoisotopic (exact) mass is 283 g/mol. The zero-order valence-corrected chi connectivity index (χ0v) is 11.1. The molecule has 2 atom stereocenters. The van der Waals surface area contributed by atoms with Gasteiger partial charge in [0.2, 0.25) is 0 Å². The molecule has 1 aliphatic heterocycles. The largest absolute Gasteiger partial charge is 0.385 e. The lowest BCUT2D eigenvalue weighted by Crippen LogP contribution is -2.42. The fourth-order valence-electron chi connectivity index (χ4n) is 2.42. The van der Waals surface area contributed by atoms with Gasteiger partial charge in [-0.15, -0.1) is 0 Å². The summed E-state index contributed by atoms with van der Waals surface area (Å²) in [4.78, 5) is 0. The summed E-state index contributed by atoms with van der Waals surface area (Å²) in [6.45, 7) is 3.89. The van der Waals surface area contributed by atoms with Crippen LogP contribution in [0.5, 0.6) is 0 Å². The Morgan fingerprint density at radius 1 is 1.44 bits per heavy atom. The van der Waals surface area contributed by atoms with Gasteiger partial charge < -0.3 is 10.4 Å². The molecule has 16 heavy (non-hydrogen) atoms. The second-order valence-electron chi connectivity index (χ2n) is 4.67. The number of hydrogen-bond acceptors (Lipinski definition) is 2. The minimum atomic E-state index is -0.756. The number of piperidine rings is 1. The second-order valence-corrected chi connectivity index (χ2v) is 5.52. The molecule has 2 N–H and O–H groups in total. The van der Waals surface area contributed by atoms with E-state index in [-0.39, 0.29) is 0 Å². The first-order valence-electron chi connectivity index (χ1n) is 5.80. The Morgan fingerprint density at radius 3 is 2.81 bits per heavy atom. The van der Waals surface area contributed by atoms with E-state index in [0.717, 1.165) is 36.0 Å². The van der Waals surface area contributed by atoms with E-state index < -0.39 is 5.60 Å². The van der Waals surface area contributed by atoms with E-state index >= 15 is 0 Å². The third-order valence-corrected chi connectivity index (χ3v) is 4.20. The highest BCUT2D eigenvalue weighted by molar-refractivity contribution is 9.10. The maximum absolute atomic E-state index is 10.7. The van der Waals surface area contributed by atoms with E-state index in [0.29, 0.717) is 5.92 Å². The van der Waals surface area contributed by atoms with Crippen molar-refractivity contribution in [1.29, 1.82) is 0 Å².